The lowest BCUT2D eigenvalue weighted by molar-refractivity contribution is -0.127. The molecule has 1 aliphatic rings. The Morgan fingerprint density at radius 3 is 2.70 bits per heavy atom. The molecule has 1 aliphatic heterocycles. The number of nitrogens with one attached hydrogen (secondary N) is 1. The van der Waals surface area contributed by atoms with E-state index in [4.69, 9.17) is 4.74 Å². The number of carbonyl (C=O) groups is 2. The molecule has 0 saturated carbocycles. The van der Waals surface area contributed by atoms with Crippen molar-refractivity contribution in [2.45, 2.75) is 18.9 Å². The summed E-state index contributed by atoms with van der Waals surface area (Å²) in [6, 6.07) is 10.3. The molecule has 1 saturated heterocycles. The highest BCUT2D eigenvalue weighted by Crippen LogP contribution is 2.26. The van der Waals surface area contributed by atoms with Gasteiger partial charge in [-0.3, -0.25) is 9.59 Å². The lowest BCUT2D eigenvalue weighted by Gasteiger charge is -2.17. The fourth-order valence-corrected chi connectivity index (χ4v) is 3.10. The van der Waals surface area contributed by atoms with E-state index in [1.807, 2.05) is 0 Å². The van der Waals surface area contributed by atoms with E-state index in [9.17, 15) is 19.1 Å². The van der Waals surface area contributed by atoms with Crippen molar-refractivity contribution in [2.24, 2.45) is 0 Å². The predicted octanol–water partition coefficient (Wildman–Crippen LogP) is 2.11. The van der Waals surface area contributed by atoms with Gasteiger partial charge in [0.15, 0.2) is 11.5 Å². The molecule has 7 heteroatoms. The monoisotopic (exact) mass is 372 g/mol. The smallest absolute Gasteiger partial charge is 0.251 e. The molecule has 3 rings (SSSR count). The van der Waals surface area contributed by atoms with Crippen LogP contribution in [-0.4, -0.2) is 48.1 Å². The molecule has 2 amide bonds. The Kier molecular flexibility index (Phi) is 5.59. The number of amides is 2. The summed E-state index contributed by atoms with van der Waals surface area (Å²) in [5, 5.41) is 12.6. The standard InChI is InChI=1S/C20H21FN2O4/c1-27-18-7-4-14(10-17(18)24)20(26)22-16-11-19(25)23(12-16)9-8-13-2-5-15(21)6-3-13/h2-7,10,16,24H,8-9,11-12H2,1H3,(H,22,26). The maximum Gasteiger partial charge on any atom is 0.251 e. The Labute approximate surface area is 156 Å². The first-order valence-electron chi connectivity index (χ1n) is 8.66. The SMILES string of the molecule is COc1ccc(C(=O)NC2CC(=O)N(CCc3ccc(F)cc3)C2)cc1O. The van der Waals surface area contributed by atoms with Crippen molar-refractivity contribution in [2.75, 3.05) is 20.2 Å². The Morgan fingerprint density at radius 2 is 2.04 bits per heavy atom. The molecular weight excluding hydrogens is 351 g/mol. The molecule has 0 spiro atoms. The molecule has 1 fully saturated rings. The molecule has 27 heavy (non-hydrogen) atoms. The van der Waals surface area contributed by atoms with Gasteiger partial charge in [0, 0.05) is 25.1 Å². The quantitative estimate of drug-likeness (QED) is 0.814. The zero-order chi connectivity index (χ0) is 19.4. The van der Waals surface area contributed by atoms with Crippen LogP contribution in [0.15, 0.2) is 42.5 Å². The number of hydrogen-bond acceptors (Lipinski definition) is 4. The van der Waals surface area contributed by atoms with Gasteiger partial charge in [0.25, 0.3) is 5.91 Å². The number of halogens is 1. The Morgan fingerprint density at radius 1 is 1.30 bits per heavy atom. The number of aromatic hydroxyl groups is 1. The third-order valence-corrected chi connectivity index (χ3v) is 4.57. The molecule has 2 aromatic carbocycles. The summed E-state index contributed by atoms with van der Waals surface area (Å²) in [6.45, 7) is 0.939. The van der Waals surface area contributed by atoms with Gasteiger partial charge in [-0.1, -0.05) is 12.1 Å². The Balaban J connectivity index is 1.54. The second-order valence-electron chi connectivity index (χ2n) is 6.48. The highest BCUT2D eigenvalue weighted by molar-refractivity contribution is 5.95. The van der Waals surface area contributed by atoms with Crippen molar-refractivity contribution in [3.63, 3.8) is 0 Å². The maximum absolute atomic E-state index is 12.9. The van der Waals surface area contributed by atoms with Crippen molar-refractivity contribution < 1.29 is 23.8 Å². The average molecular weight is 372 g/mol. The molecule has 2 aromatic rings. The number of hydrogen-bond donors (Lipinski definition) is 2. The van der Waals surface area contributed by atoms with Crippen LogP contribution in [0.25, 0.3) is 0 Å². The van der Waals surface area contributed by atoms with E-state index in [0.717, 1.165) is 5.56 Å². The van der Waals surface area contributed by atoms with Crippen LogP contribution in [0.5, 0.6) is 11.5 Å². The van der Waals surface area contributed by atoms with Crippen LogP contribution in [0.3, 0.4) is 0 Å². The first-order chi connectivity index (χ1) is 13.0. The number of benzene rings is 2. The molecule has 142 valence electrons. The van der Waals surface area contributed by atoms with Gasteiger partial charge in [-0.2, -0.15) is 0 Å². The summed E-state index contributed by atoms with van der Waals surface area (Å²) in [6.07, 6.45) is 0.857. The minimum atomic E-state index is -0.355. The molecule has 6 nitrogen and oxygen atoms in total. The number of ether oxygens (including phenoxy) is 1. The van der Waals surface area contributed by atoms with Gasteiger partial charge in [-0.15, -0.1) is 0 Å². The number of phenolic OH excluding ortho intramolecular Hbond substituents is 1. The lowest BCUT2D eigenvalue weighted by Crippen LogP contribution is -2.37. The molecule has 0 aromatic heterocycles. The highest BCUT2D eigenvalue weighted by Gasteiger charge is 2.30. The molecule has 0 bridgehead atoms. The van der Waals surface area contributed by atoms with Gasteiger partial charge < -0.3 is 20.1 Å². The third kappa shape index (κ3) is 4.55. The molecular formula is C20H21FN2O4. The van der Waals surface area contributed by atoms with Gasteiger partial charge in [0.1, 0.15) is 5.82 Å². The van der Waals surface area contributed by atoms with Crippen molar-refractivity contribution in [3.05, 3.63) is 59.4 Å². The van der Waals surface area contributed by atoms with Crippen LogP contribution in [0.4, 0.5) is 4.39 Å². The fraction of sp³-hybridized carbons (Fsp3) is 0.300. The third-order valence-electron chi connectivity index (χ3n) is 4.57. The number of carbonyl (C=O) groups excluding carboxylic acids is 2. The summed E-state index contributed by atoms with van der Waals surface area (Å²) < 4.78 is 17.9. The summed E-state index contributed by atoms with van der Waals surface area (Å²) >= 11 is 0. The Hall–Kier alpha value is -3.09. The predicted molar refractivity (Wildman–Crippen MR) is 97.2 cm³/mol. The van der Waals surface area contributed by atoms with Crippen LogP contribution in [0, 0.1) is 5.82 Å². The number of nitrogens with zero attached hydrogens (tertiary/aromatic N) is 1. The van der Waals surface area contributed by atoms with E-state index in [1.54, 1.807) is 23.1 Å². The molecule has 1 heterocycles. The van der Waals surface area contributed by atoms with Crippen LogP contribution in [0.2, 0.25) is 0 Å². The van der Waals surface area contributed by atoms with E-state index in [2.05, 4.69) is 5.32 Å². The van der Waals surface area contributed by atoms with Gasteiger partial charge in [-0.05, 0) is 42.3 Å². The summed E-state index contributed by atoms with van der Waals surface area (Å²) in [5.74, 6) is -0.502. The fourth-order valence-electron chi connectivity index (χ4n) is 3.10. The zero-order valence-corrected chi connectivity index (χ0v) is 14.9. The van der Waals surface area contributed by atoms with Gasteiger partial charge in [0.05, 0.1) is 13.2 Å². The number of rotatable bonds is 6. The van der Waals surface area contributed by atoms with E-state index < -0.39 is 0 Å². The molecule has 0 aliphatic carbocycles. The first-order valence-corrected chi connectivity index (χ1v) is 8.66. The largest absolute Gasteiger partial charge is 0.504 e. The zero-order valence-electron chi connectivity index (χ0n) is 14.9. The minimum Gasteiger partial charge on any atom is -0.504 e. The van der Waals surface area contributed by atoms with Gasteiger partial charge >= 0.3 is 0 Å². The number of likely N-dealkylation sites (tertiary alicyclic amines) is 1. The van der Waals surface area contributed by atoms with Gasteiger partial charge in [0.2, 0.25) is 5.91 Å². The summed E-state index contributed by atoms with van der Waals surface area (Å²) in [7, 11) is 1.43. The number of phenols is 1. The van der Waals surface area contributed by atoms with Crippen LogP contribution < -0.4 is 10.1 Å². The van der Waals surface area contributed by atoms with Crippen molar-refractivity contribution >= 4 is 11.8 Å². The van der Waals surface area contributed by atoms with E-state index in [1.165, 1.54) is 31.4 Å². The topological polar surface area (TPSA) is 78.9 Å². The first kappa shape index (κ1) is 18.7. The maximum atomic E-state index is 12.9. The minimum absolute atomic E-state index is 0.0278. The molecule has 0 radical (unpaired) electrons. The number of methoxy groups -OCH3 is 1. The summed E-state index contributed by atoms with van der Waals surface area (Å²) in [4.78, 5) is 26.2. The molecule has 2 N–H and O–H groups in total. The van der Waals surface area contributed by atoms with Crippen molar-refractivity contribution in [1.82, 2.24) is 10.2 Å². The molecule has 1 atom stereocenters. The van der Waals surface area contributed by atoms with E-state index in [-0.39, 0.29) is 41.6 Å². The highest BCUT2D eigenvalue weighted by atomic mass is 19.1. The average Bonchev–Trinajstić information content (AvgIpc) is 3.00. The second kappa shape index (κ2) is 8.07. The van der Waals surface area contributed by atoms with Crippen molar-refractivity contribution in [3.8, 4) is 11.5 Å². The van der Waals surface area contributed by atoms with Crippen LogP contribution in [-0.2, 0) is 11.2 Å². The van der Waals surface area contributed by atoms with Crippen LogP contribution >= 0.6 is 0 Å². The van der Waals surface area contributed by atoms with Crippen molar-refractivity contribution in [1.29, 1.82) is 0 Å². The van der Waals surface area contributed by atoms with Crippen LogP contribution in [0.1, 0.15) is 22.3 Å². The second-order valence-corrected chi connectivity index (χ2v) is 6.48. The van der Waals surface area contributed by atoms with E-state index in [0.29, 0.717) is 25.1 Å². The molecule has 1 unspecified atom stereocenters. The lowest BCUT2D eigenvalue weighted by atomic mass is 10.1. The van der Waals surface area contributed by atoms with Gasteiger partial charge in [-0.25, -0.2) is 4.39 Å². The normalized spacial score (nSPS) is 16.4. The summed E-state index contributed by atoms with van der Waals surface area (Å²) in [5.41, 5.74) is 1.25. The van der Waals surface area contributed by atoms with E-state index >= 15 is 0 Å². The Bertz CT molecular complexity index is 838.